The molecule has 0 heterocycles. The first kappa shape index (κ1) is 13.0. The molecule has 0 aromatic rings. The minimum absolute atomic E-state index is 0.299. The van der Waals surface area contributed by atoms with E-state index in [0.29, 0.717) is 11.5 Å². The minimum Gasteiger partial charge on any atom is -0.384 e. The lowest BCUT2D eigenvalue weighted by Crippen LogP contribution is -2.36. The summed E-state index contributed by atoms with van der Waals surface area (Å²) in [5.41, 5.74) is 0.299. The fraction of sp³-hybridized carbons (Fsp3) is 1.00. The first-order valence-electron chi connectivity index (χ1n) is 6.16. The van der Waals surface area contributed by atoms with Gasteiger partial charge in [-0.15, -0.1) is 0 Å². The second-order valence-corrected chi connectivity index (χ2v) is 5.34. The second-order valence-electron chi connectivity index (χ2n) is 5.34. The molecule has 15 heavy (non-hydrogen) atoms. The van der Waals surface area contributed by atoms with Crippen LogP contribution >= 0.6 is 0 Å². The molecule has 90 valence electrons. The Kier molecular flexibility index (Phi) is 5.07. The van der Waals surface area contributed by atoms with Crippen molar-refractivity contribution >= 4 is 0 Å². The van der Waals surface area contributed by atoms with Gasteiger partial charge in [0.25, 0.3) is 0 Å². The third kappa shape index (κ3) is 3.18. The Morgan fingerprint density at radius 3 is 2.60 bits per heavy atom. The molecule has 0 aromatic carbocycles. The van der Waals surface area contributed by atoms with Crippen LogP contribution in [0.5, 0.6) is 0 Å². The van der Waals surface area contributed by atoms with Crippen LogP contribution in [0.4, 0.5) is 0 Å². The highest BCUT2D eigenvalue weighted by atomic mass is 16.5. The Hall–Kier alpha value is -0.0800. The van der Waals surface area contributed by atoms with Crippen LogP contribution in [0, 0.1) is 11.3 Å². The van der Waals surface area contributed by atoms with E-state index in [1.54, 1.807) is 0 Å². The molecular weight excluding hydrogens is 188 g/mol. The maximum absolute atomic E-state index is 5.63. The third-order valence-electron chi connectivity index (χ3n) is 3.76. The second kappa shape index (κ2) is 5.86. The average molecular weight is 214 g/mol. The summed E-state index contributed by atoms with van der Waals surface area (Å²) in [7, 11) is 3.65. The summed E-state index contributed by atoms with van der Waals surface area (Å²) in [6.07, 6.45) is 6.71. The molecule has 1 saturated carbocycles. The van der Waals surface area contributed by atoms with E-state index in [0.717, 1.165) is 12.5 Å². The van der Waals surface area contributed by atoms with Crippen molar-refractivity contribution < 1.29 is 9.47 Å². The van der Waals surface area contributed by atoms with Crippen molar-refractivity contribution in [3.05, 3.63) is 0 Å². The molecule has 0 amide bonds. The van der Waals surface area contributed by atoms with Crippen molar-refractivity contribution in [3.8, 4) is 0 Å². The van der Waals surface area contributed by atoms with E-state index in [2.05, 4.69) is 13.8 Å². The lowest BCUT2D eigenvalue weighted by Gasteiger charge is -2.34. The van der Waals surface area contributed by atoms with Gasteiger partial charge < -0.3 is 9.47 Å². The molecule has 1 aliphatic rings. The summed E-state index contributed by atoms with van der Waals surface area (Å²) < 4.78 is 11.0. The summed E-state index contributed by atoms with van der Waals surface area (Å²) in [6.45, 7) is 5.44. The first-order chi connectivity index (χ1) is 7.14. The summed E-state index contributed by atoms with van der Waals surface area (Å²) in [5.74, 6) is 0.775. The van der Waals surface area contributed by atoms with E-state index in [4.69, 9.17) is 9.47 Å². The highest BCUT2D eigenvalue weighted by Gasteiger charge is 2.42. The summed E-state index contributed by atoms with van der Waals surface area (Å²) in [6, 6.07) is 0. The number of rotatable bonds is 6. The fourth-order valence-corrected chi connectivity index (χ4v) is 2.86. The van der Waals surface area contributed by atoms with Crippen molar-refractivity contribution in [2.24, 2.45) is 11.3 Å². The lowest BCUT2D eigenvalue weighted by atomic mass is 9.78. The van der Waals surface area contributed by atoms with Gasteiger partial charge in [-0.05, 0) is 25.2 Å². The number of ether oxygens (including phenoxy) is 2. The zero-order valence-corrected chi connectivity index (χ0v) is 10.7. The topological polar surface area (TPSA) is 18.5 Å². The predicted molar refractivity (Wildman–Crippen MR) is 63.0 cm³/mol. The van der Waals surface area contributed by atoms with E-state index in [1.165, 1.54) is 32.1 Å². The van der Waals surface area contributed by atoms with Gasteiger partial charge in [0.15, 0.2) is 0 Å². The maximum Gasteiger partial charge on any atom is 0.0649 e. The summed E-state index contributed by atoms with van der Waals surface area (Å²) >= 11 is 0. The Balaban J connectivity index is 2.59. The third-order valence-corrected chi connectivity index (χ3v) is 3.76. The average Bonchev–Trinajstić information content (AvgIpc) is 2.59. The van der Waals surface area contributed by atoms with E-state index < -0.39 is 0 Å². The van der Waals surface area contributed by atoms with Crippen molar-refractivity contribution in [1.29, 1.82) is 0 Å². The van der Waals surface area contributed by atoms with Crippen LogP contribution in [0.15, 0.2) is 0 Å². The van der Waals surface area contributed by atoms with Crippen LogP contribution in [-0.4, -0.2) is 26.9 Å². The molecule has 1 aliphatic carbocycles. The zero-order valence-electron chi connectivity index (χ0n) is 10.7. The van der Waals surface area contributed by atoms with E-state index in [9.17, 15) is 0 Å². The molecule has 2 unspecified atom stereocenters. The molecule has 0 bridgehead atoms. The van der Waals surface area contributed by atoms with E-state index in [1.807, 2.05) is 14.2 Å². The fourth-order valence-electron chi connectivity index (χ4n) is 2.86. The normalized spacial score (nSPS) is 31.4. The van der Waals surface area contributed by atoms with Crippen molar-refractivity contribution in [2.45, 2.75) is 52.1 Å². The van der Waals surface area contributed by atoms with Gasteiger partial charge >= 0.3 is 0 Å². The van der Waals surface area contributed by atoms with Crippen LogP contribution in [0.25, 0.3) is 0 Å². The van der Waals surface area contributed by atoms with Crippen LogP contribution < -0.4 is 0 Å². The molecule has 0 saturated heterocycles. The Morgan fingerprint density at radius 1 is 1.33 bits per heavy atom. The standard InChI is InChI=1S/C13H26O2/c1-11(2)7-9-13(10-14-3)8-5-6-12(13)15-4/h11-12H,5-10H2,1-4H3. The van der Waals surface area contributed by atoms with Gasteiger partial charge in [-0.1, -0.05) is 26.7 Å². The SMILES string of the molecule is COCC1(CCC(C)C)CCCC1OC. The molecule has 2 heteroatoms. The Labute approximate surface area is 94.3 Å². The summed E-state index contributed by atoms with van der Waals surface area (Å²) in [5, 5.41) is 0. The molecule has 2 atom stereocenters. The van der Waals surface area contributed by atoms with E-state index >= 15 is 0 Å². The van der Waals surface area contributed by atoms with Crippen molar-refractivity contribution in [2.75, 3.05) is 20.8 Å². The van der Waals surface area contributed by atoms with Crippen LogP contribution in [-0.2, 0) is 9.47 Å². The molecule has 1 fully saturated rings. The maximum atomic E-state index is 5.63. The molecular formula is C13H26O2. The molecule has 0 aliphatic heterocycles. The van der Waals surface area contributed by atoms with Gasteiger partial charge in [0.2, 0.25) is 0 Å². The van der Waals surface area contributed by atoms with E-state index in [-0.39, 0.29) is 0 Å². The summed E-state index contributed by atoms with van der Waals surface area (Å²) in [4.78, 5) is 0. The minimum atomic E-state index is 0.299. The highest BCUT2D eigenvalue weighted by molar-refractivity contribution is 4.93. The lowest BCUT2D eigenvalue weighted by molar-refractivity contribution is -0.0419. The smallest absolute Gasteiger partial charge is 0.0649 e. The monoisotopic (exact) mass is 214 g/mol. The van der Waals surface area contributed by atoms with Gasteiger partial charge in [0.1, 0.15) is 0 Å². The Morgan fingerprint density at radius 2 is 2.07 bits per heavy atom. The van der Waals surface area contributed by atoms with Crippen LogP contribution in [0.3, 0.4) is 0 Å². The number of hydrogen-bond acceptors (Lipinski definition) is 2. The van der Waals surface area contributed by atoms with Crippen LogP contribution in [0.1, 0.15) is 46.0 Å². The molecule has 0 N–H and O–H groups in total. The first-order valence-corrected chi connectivity index (χ1v) is 6.16. The molecule has 2 nitrogen and oxygen atoms in total. The van der Waals surface area contributed by atoms with Gasteiger partial charge in [0.05, 0.1) is 12.7 Å². The zero-order chi connectivity index (χ0) is 11.3. The molecule has 1 rings (SSSR count). The largest absolute Gasteiger partial charge is 0.384 e. The number of hydrogen-bond donors (Lipinski definition) is 0. The molecule has 0 spiro atoms. The molecule has 0 radical (unpaired) electrons. The number of methoxy groups -OCH3 is 2. The van der Waals surface area contributed by atoms with Crippen molar-refractivity contribution in [3.63, 3.8) is 0 Å². The van der Waals surface area contributed by atoms with Gasteiger partial charge in [-0.25, -0.2) is 0 Å². The predicted octanol–water partition coefficient (Wildman–Crippen LogP) is 3.25. The highest BCUT2D eigenvalue weighted by Crippen LogP contribution is 2.44. The van der Waals surface area contributed by atoms with Crippen LogP contribution in [0.2, 0.25) is 0 Å². The Bertz CT molecular complexity index is 179. The molecule has 0 aromatic heterocycles. The van der Waals surface area contributed by atoms with Gasteiger partial charge in [-0.2, -0.15) is 0 Å². The quantitative estimate of drug-likeness (QED) is 0.675. The van der Waals surface area contributed by atoms with Gasteiger partial charge in [0, 0.05) is 19.6 Å². The van der Waals surface area contributed by atoms with Gasteiger partial charge in [-0.3, -0.25) is 0 Å². The van der Waals surface area contributed by atoms with Crippen molar-refractivity contribution in [1.82, 2.24) is 0 Å².